The average molecular weight is 182 g/mol. The van der Waals surface area contributed by atoms with E-state index in [0.717, 1.165) is 18.5 Å². The number of likely N-dealkylation sites (tertiary alicyclic amines) is 1. The zero-order valence-electron chi connectivity index (χ0n) is 8.76. The summed E-state index contributed by atoms with van der Waals surface area (Å²) in [4.78, 5) is 2.65. The zero-order valence-corrected chi connectivity index (χ0v) is 8.76. The van der Waals surface area contributed by atoms with Gasteiger partial charge in [-0.15, -0.1) is 0 Å². The van der Waals surface area contributed by atoms with Crippen molar-refractivity contribution in [1.29, 1.82) is 0 Å². The maximum atomic E-state index is 3.54. The van der Waals surface area contributed by atoms with Crippen molar-refractivity contribution in [2.45, 2.75) is 38.6 Å². The molecule has 76 valence electrons. The highest BCUT2D eigenvalue weighted by Crippen LogP contribution is 2.28. The van der Waals surface area contributed by atoms with Crippen molar-refractivity contribution in [3.8, 4) is 0 Å². The topological polar surface area (TPSA) is 15.3 Å². The molecule has 0 aromatic carbocycles. The van der Waals surface area contributed by atoms with Gasteiger partial charge in [-0.25, -0.2) is 0 Å². The van der Waals surface area contributed by atoms with Crippen LogP contribution in [0.2, 0.25) is 0 Å². The van der Waals surface area contributed by atoms with Gasteiger partial charge in [0.15, 0.2) is 0 Å². The predicted octanol–water partition coefficient (Wildman–Crippen LogP) is 1.47. The second-order valence-electron chi connectivity index (χ2n) is 4.60. The molecule has 1 unspecified atom stereocenters. The quantitative estimate of drug-likeness (QED) is 0.708. The van der Waals surface area contributed by atoms with E-state index >= 15 is 0 Å². The van der Waals surface area contributed by atoms with Crippen molar-refractivity contribution in [2.24, 2.45) is 5.92 Å². The maximum Gasteiger partial charge on any atom is 0.0207 e. The number of hydrogen-bond acceptors (Lipinski definition) is 2. The van der Waals surface area contributed by atoms with E-state index in [1.54, 1.807) is 0 Å². The van der Waals surface area contributed by atoms with Gasteiger partial charge >= 0.3 is 0 Å². The molecule has 0 bridgehead atoms. The van der Waals surface area contributed by atoms with E-state index in [4.69, 9.17) is 0 Å². The van der Waals surface area contributed by atoms with Crippen LogP contribution in [-0.2, 0) is 0 Å². The van der Waals surface area contributed by atoms with Gasteiger partial charge < -0.3 is 10.2 Å². The second kappa shape index (κ2) is 4.43. The van der Waals surface area contributed by atoms with Crippen molar-refractivity contribution >= 4 is 0 Å². The Morgan fingerprint density at radius 3 is 2.77 bits per heavy atom. The summed E-state index contributed by atoms with van der Waals surface area (Å²) < 4.78 is 0. The Morgan fingerprint density at radius 2 is 2.15 bits per heavy atom. The fourth-order valence-electron chi connectivity index (χ4n) is 2.49. The molecule has 1 aliphatic carbocycles. The van der Waals surface area contributed by atoms with Crippen LogP contribution in [0.25, 0.3) is 0 Å². The molecule has 0 amide bonds. The van der Waals surface area contributed by atoms with Crippen LogP contribution in [0, 0.1) is 5.92 Å². The fraction of sp³-hybridized carbons (Fsp3) is 1.00. The SMILES string of the molecule is CCNC1CCN(CC2CCC2)C1. The normalized spacial score (nSPS) is 30.7. The number of nitrogens with one attached hydrogen (secondary N) is 1. The minimum absolute atomic E-state index is 0.782. The monoisotopic (exact) mass is 182 g/mol. The Hall–Kier alpha value is -0.0800. The molecule has 2 aliphatic rings. The average Bonchev–Trinajstić information content (AvgIpc) is 2.46. The van der Waals surface area contributed by atoms with Gasteiger partial charge in [-0.05, 0) is 38.3 Å². The number of likely N-dealkylation sites (N-methyl/N-ethyl adjacent to an activating group) is 1. The predicted molar refractivity (Wildman–Crippen MR) is 55.9 cm³/mol. The van der Waals surface area contributed by atoms with E-state index in [9.17, 15) is 0 Å². The molecule has 1 heterocycles. The van der Waals surface area contributed by atoms with E-state index < -0.39 is 0 Å². The first-order valence-electron chi connectivity index (χ1n) is 5.84. The zero-order chi connectivity index (χ0) is 9.10. The summed E-state index contributed by atoms with van der Waals surface area (Å²) in [5.41, 5.74) is 0. The van der Waals surface area contributed by atoms with Crippen LogP contribution in [-0.4, -0.2) is 37.1 Å². The third-order valence-electron chi connectivity index (χ3n) is 3.51. The molecule has 1 saturated carbocycles. The molecule has 2 fully saturated rings. The number of hydrogen-bond donors (Lipinski definition) is 1. The largest absolute Gasteiger partial charge is 0.313 e. The van der Waals surface area contributed by atoms with Crippen LogP contribution in [0.5, 0.6) is 0 Å². The van der Waals surface area contributed by atoms with Gasteiger partial charge in [-0.1, -0.05) is 13.3 Å². The Bertz CT molecular complexity index is 154. The van der Waals surface area contributed by atoms with Gasteiger partial charge in [0.25, 0.3) is 0 Å². The minimum atomic E-state index is 0.782. The second-order valence-corrected chi connectivity index (χ2v) is 4.60. The van der Waals surface area contributed by atoms with Crippen molar-refractivity contribution in [3.63, 3.8) is 0 Å². The van der Waals surface area contributed by atoms with E-state index in [0.29, 0.717) is 0 Å². The molecule has 1 atom stereocenters. The lowest BCUT2D eigenvalue weighted by atomic mass is 9.85. The molecule has 1 aliphatic heterocycles. The molecule has 1 N–H and O–H groups in total. The molecule has 2 nitrogen and oxygen atoms in total. The van der Waals surface area contributed by atoms with Crippen LogP contribution < -0.4 is 5.32 Å². The highest BCUT2D eigenvalue weighted by Gasteiger charge is 2.26. The van der Waals surface area contributed by atoms with Gasteiger partial charge in [0.05, 0.1) is 0 Å². The van der Waals surface area contributed by atoms with Crippen LogP contribution >= 0.6 is 0 Å². The summed E-state index contributed by atoms with van der Waals surface area (Å²) in [6.45, 7) is 7.33. The van der Waals surface area contributed by atoms with E-state index in [2.05, 4.69) is 17.1 Å². The van der Waals surface area contributed by atoms with E-state index in [1.807, 2.05) is 0 Å². The lowest BCUT2D eigenvalue weighted by molar-refractivity contribution is 0.202. The molecular weight excluding hydrogens is 160 g/mol. The summed E-state index contributed by atoms with van der Waals surface area (Å²) in [5, 5.41) is 3.54. The van der Waals surface area contributed by atoms with Crippen molar-refractivity contribution < 1.29 is 0 Å². The van der Waals surface area contributed by atoms with E-state index in [-0.39, 0.29) is 0 Å². The Morgan fingerprint density at radius 1 is 1.31 bits per heavy atom. The third-order valence-corrected chi connectivity index (χ3v) is 3.51. The minimum Gasteiger partial charge on any atom is -0.313 e. The first-order valence-corrected chi connectivity index (χ1v) is 5.84. The molecule has 2 rings (SSSR count). The molecule has 1 saturated heterocycles. The van der Waals surface area contributed by atoms with Crippen LogP contribution in [0.4, 0.5) is 0 Å². The number of rotatable bonds is 4. The van der Waals surface area contributed by atoms with E-state index in [1.165, 1.54) is 45.3 Å². The number of nitrogens with zero attached hydrogens (tertiary/aromatic N) is 1. The Balaban J connectivity index is 1.65. The third kappa shape index (κ3) is 2.44. The lowest BCUT2D eigenvalue weighted by Crippen LogP contribution is -2.35. The van der Waals surface area contributed by atoms with Crippen molar-refractivity contribution in [1.82, 2.24) is 10.2 Å². The van der Waals surface area contributed by atoms with Gasteiger partial charge in [0.2, 0.25) is 0 Å². The van der Waals surface area contributed by atoms with Crippen molar-refractivity contribution in [3.05, 3.63) is 0 Å². The highest BCUT2D eigenvalue weighted by molar-refractivity contribution is 4.83. The highest BCUT2D eigenvalue weighted by atomic mass is 15.2. The molecule has 0 radical (unpaired) electrons. The molecule has 0 aromatic heterocycles. The first-order chi connectivity index (χ1) is 6.38. The van der Waals surface area contributed by atoms with Crippen LogP contribution in [0.3, 0.4) is 0 Å². The smallest absolute Gasteiger partial charge is 0.0207 e. The molecular formula is C11H22N2. The summed E-state index contributed by atoms with van der Waals surface area (Å²) in [6, 6.07) is 0.782. The van der Waals surface area contributed by atoms with Crippen molar-refractivity contribution in [2.75, 3.05) is 26.2 Å². The molecule has 2 heteroatoms. The van der Waals surface area contributed by atoms with Gasteiger partial charge in [0.1, 0.15) is 0 Å². The Labute approximate surface area is 81.7 Å². The summed E-state index contributed by atoms with van der Waals surface area (Å²) >= 11 is 0. The van der Waals surface area contributed by atoms with Crippen LogP contribution in [0.1, 0.15) is 32.6 Å². The van der Waals surface area contributed by atoms with Crippen LogP contribution in [0.15, 0.2) is 0 Å². The summed E-state index contributed by atoms with van der Waals surface area (Å²) in [5.74, 6) is 1.04. The maximum absolute atomic E-state index is 3.54. The fourth-order valence-corrected chi connectivity index (χ4v) is 2.49. The summed E-state index contributed by atoms with van der Waals surface area (Å²) in [7, 11) is 0. The molecule has 0 spiro atoms. The standard InChI is InChI=1S/C11H22N2/c1-2-12-11-6-7-13(9-11)8-10-4-3-5-10/h10-12H,2-9H2,1H3. The van der Waals surface area contributed by atoms with Gasteiger partial charge in [0, 0.05) is 19.1 Å². The van der Waals surface area contributed by atoms with Gasteiger partial charge in [-0.2, -0.15) is 0 Å². The lowest BCUT2D eigenvalue weighted by Gasteiger charge is -2.30. The molecule has 13 heavy (non-hydrogen) atoms. The Kier molecular flexibility index (Phi) is 3.23. The first kappa shape index (κ1) is 9.47. The summed E-state index contributed by atoms with van der Waals surface area (Å²) in [6.07, 6.45) is 5.82. The molecule has 0 aromatic rings. The van der Waals surface area contributed by atoms with Gasteiger partial charge in [-0.3, -0.25) is 0 Å².